The van der Waals surface area contributed by atoms with Gasteiger partial charge < -0.3 is 0 Å². The lowest BCUT2D eigenvalue weighted by molar-refractivity contribution is 0.278. The van der Waals surface area contributed by atoms with Crippen LogP contribution in [0.2, 0.25) is 6.04 Å². The first kappa shape index (κ1) is 18.3. The molecule has 0 aliphatic heterocycles. The van der Waals surface area contributed by atoms with Crippen LogP contribution in [0.25, 0.3) is 11.1 Å². The van der Waals surface area contributed by atoms with E-state index in [1.807, 2.05) is 6.07 Å². The summed E-state index contributed by atoms with van der Waals surface area (Å²) in [5, 5.41) is 0. The molecule has 0 saturated heterocycles. The van der Waals surface area contributed by atoms with Crippen molar-refractivity contribution in [3.63, 3.8) is 0 Å². The van der Waals surface area contributed by atoms with Gasteiger partial charge in [-0.1, -0.05) is 56.0 Å². The number of benzene rings is 2. The summed E-state index contributed by atoms with van der Waals surface area (Å²) in [6, 6.07) is 11.4. The molecule has 3 radical (unpaired) electrons. The predicted octanol–water partition coefficient (Wildman–Crippen LogP) is 6.27. The Hall–Kier alpha value is -1.48. The largest absolute Gasteiger partial charge is 0.207 e. The highest BCUT2D eigenvalue weighted by molar-refractivity contribution is 6.08. The molecule has 0 heterocycles. The van der Waals surface area contributed by atoms with Crippen LogP contribution in [0.4, 0.5) is 8.78 Å². The van der Waals surface area contributed by atoms with Crippen molar-refractivity contribution < 1.29 is 8.78 Å². The number of aryl methyl sites for hydroxylation is 2. The monoisotopic (exact) mass is 355 g/mol. The molecule has 0 bridgehead atoms. The molecule has 0 unspecified atom stereocenters. The lowest BCUT2D eigenvalue weighted by atomic mass is 9.80. The third kappa shape index (κ3) is 4.57. The zero-order valence-corrected chi connectivity index (χ0v) is 15.8. The molecule has 2 aromatic rings. The van der Waals surface area contributed by atoms with Crippen LogP contribution in [0.1, 0.15) is 43.2 Å². The van der Waals surface area contributed by atoms with Crippen LogP contribution in [0.5, 0.6) is 0 Å². The van der Waals surface area contributed by atoms with E-state index < -0.39 is 0 Å². The van der Waals surface area contributed by atoms with E-state index in [0.29, 0.717) is 16.7 Å². The molecule has 25 heavy (non-hydrogen) atoms. The summed E-state index contributed by atoms with van der Waals surface area (Å²) < 4.78 is 28.2. The maximum absolute atomic E-state index is 14.5. The van der Waals surface area contributed by atoms with Gasteiger partial charge in [-0.05, 0) is 60.4 Å². The van der Waals surface area contributed by atoms with E-state index in [-0.39, 0.29) is 11.6 Å². The van der Waals surface area contributed by atoms with Crippen LogP contribution in [0.3, 0.4) is 0 Å². The predicted molar refractivity (Wildman–Crippen MR) is 101 cm³/mol. The molecule has 1 saturated carbocycles. The number of rotatable bonds is 5. The molecule has 3 heteroatoms. The molecule has 0 spiro atoms. The van der Waals surface area contributed by atoms with Gasteiger partial charge in [0, 0.05) is 15.8 Å². The van der Waals surface area contributed by atoms with Gasteiger partial charge in [0.1, 0.15) is 11.6 Å². The molecule has 0 N–H and O–H groups in total. The zero-order chi connectivity index (χ0) is 17.8. The quantitative estimate of drug-likeness (QED) is 0.555. The van der Waals surface area contributed by atoms with E-state index in [1.54, 1.807) is 31.2 Å². The van der Waals surface area contributed by atoms with Crippen LogP contribution in [-0.4, -0.2) is 10.2 Å². The molecular formula is C22H25F2Si. The summed E-state index contributed by atoms with van der Waals surface area (Å²) in [5.41, 5.74) is 2.69. The van der Waals surface area contributed by atoms with Gasteiger partial charge >= 0.3 is 0 Å². The molecule has 0 aromatic heterocycles. The van der Waals surface area contributed by atoms with Crippen LogP contribution < -0.4 is 0 Å². The van der Waals surface area contributed by atoms with Gasteiger partial charge in [-0.15, -0.1) is 0 Å². The van der Waals surface area contributed by atoms with Gasteiger partial charge in [-0.25, -0.2) is 8.78 Å². The number of hydrogen-bond donors (Lipinski definition) is 0. The first-order valence-electron chi connectivity index (χ1n) is 9.26. The first-order chi connectivity index (χ1) is 12.1. The Kier molecular flexibility index (Phi) is 6.05. The minimum absolute atomic E-state index is 0.261. The minimum Gasteiger partial charge on any atom is -0.207 e. The van der Waals surface area contributed by atoms with Gasteiger partial charge in [-0.3, -0.25) is 0 Å². The fraction of sp³-hybridized carbons (Fsp3) is 0.455. The lowest BCUT2D eigenvalue weighted by Crippen LogP contribution is -2.14. The van der Waals surface area contributed by atoms with Crippen LogP contribution in [0.15, 0.2) is 36.4 Å². The summed E-state index contributed by atoms with van der Waals surface area (Å²) in [5.74, 6) is 1.05. The molecule has 2 aromatic carbocycles. The van der Waals surface area contributed by atoms with Crippen LogP contribution >= 0.6 is 0 Å². The molecule has 0 amide bonds. The Morgan fingerprint density at radius 3 is 2.28 bits per heavy atom. The van der Waals surface area contributed by atoms with E-state index in [9.17, 15) is 8.78 Å². The fourth-order valence-corrected chi connectivity index (χ4v) is 4.21. The van der Waals surface area contributed by atoms with Gasteiger partial charge in [0.15, 0.2) is 0 Å². The SMILES string of the molecule is Cc1ccc(-c2ccc(CCC3CCC(C[Si])CC3)cc2F)cc1F. The molecule has 1 aliphatic carbocycles. The lowest BCUT2D eigenvalue weighted by Gasteiger charge is -2.27. The van der Waals surface area contributed by atoms with Gasteiger partial charge in [-0.2, -0.15) is 0 Å². The molecule has 1 aliphatic rings. The second kappa shape index (κ2) is 8.26. The maximum Gasteiger partial charge on any atom is 0.131 e. The summed E-state index contributed by atoms with van der Waals surface area (Å²) >= 11 is 0. The van der Waals surface area contributed by atoms with Crippen molar-refractivity contribution in [3.05, 3.63) is 59.2 Å². The summed E-state index contributed by atoms with van der Waals surface area (Å²) in [4.78, 5) is 0. The Morgan fingerprint density at radius 1 is 0.920 bits per heavy atom. The Morgan fingerprint density at radius 2 is 1.64 bits per heavy atom. The van der Waals surface area contributed by atoms with Crippen molar-refractivity contribution in [1.82, 2.24) is 0 Å². The topological polar surface area (TPSA) is 0 Å². The average Bonchev–Trinajstić information content (AvgIpc) is 2.63. The number of halogens is 2. The average molecular weight is 356 g/mol. The molecule has 131 valence electrons. The van der Waals surface area contributed by atoms with E-state index in [1.165, 1.54) is 31.7 Å². The fourth-order valence-electron chi connectivity index (χ4n) is 3.80. The second-order valence-electron chi connectivity index (χ2n) is 7.41. The van der Waals surface area contributed by atoms with Crippen molar-refractivity contribution >= 4 is 10.2 Å². The zero-order valence-electron chi connectivity index (χ0n) is 14.8. The molecule has 0 nitrogen and oxygen atoms in total. The Bertz CT molecular complexity index is 718. The highest BCUT2D eigenvalue weighted by Crippen LogP contribution is 2.33. The Labute approximate surface area is 153 Å². The highest BCUT2D eigenvalue weighted by atomic mass is 28.1. The van der Waals surface area contributed by atoms with E-state index in [0.717, 1.165) is 36.3 Å². The summed E-state index contributed by atoms with van der Waals surface area (Å²) in [7, 11) is 3.63. The normalized spacial score (nSPS) is 20.6. The second-order valence-corrected chi connectivity index (χ2v) is 7.82. The minimum atomic E-state index is -0.292. The van der Waals surface area contributed by atoms with Gasteiger partial charge in [0.25, 0.3) is 0 Å². The van der Waals surface area contributed by atoms with Gasteiger partial charge in [0.05, 0.1) is 0 Å². The summed E-state index contributed by atoms with van der Waals surface area (Å²) in [6.07, 6.45) is 7.24. The third-order valence-electron chi connectivity index (χ3n) is 5.61. The smallest absolute Gasteiger partial charge is 0.131 e. The third-order valence-corrected chi connectivity index (χ3v) is 6.19. The van der Waals surface area contributed by atoms with E-state index >= 15 is 0 Å². The van der Waals surface area contributed by atoms with E-state index in [2.05, 4.69) is 10.2 Å². The van der Waals surface area contributed by atoms with Gasteiger partial charge in [0.2, 0.25) is 0 Å². The summed E-state index contributed by atoms with van der Waals surface area (Å²) in [6.45, 7) is 1.71. The van der Waals surface area contributed by atoms with Crippen molar-refractivity contribution in [2.45, 2.75) is 51.5 Å². The van der Waals surface area contributed by atoms with Crippen LogP contribution in [-0.2, 0) is 6.42 Å². The van der Waals surface area contributed by atoms with Crippen molar-refractivity contribution in [2.75, 3.05) is 0 Å². The maximum atomic E-state index is 14.5. The van der Waals surface area contributed by atoms with E-state index in [4.69, 9.17) is 0 Å². The number of hydrogen-bond acceptors (Lipinski definition) is 0. The first-order valence-corrected chi connectivity index (χ1v) is 9.97. The van der Waals surface area contributed by atoms with Crippen LogP contribution in [0, 0.1) is 30.4 Å². The molecule has 1 fully saturated rings. The van der Waals surface area contributed by atoms with Crippen molar-refractivity contribution in [2.24, 2.45) is 11.8 Å². The Balaban J connectivity index is 1.63. The highest BCUT2D eigenvalue weighted by Gasteiger charge is 2.19. The molecule has 0 atom stereocenters. The van der Waals surface area contributed by atoms with Crippen molar-refractivity contribution in [1.29, 1.82) is 0 Å². The molecular weight excluding hydrogens is 330 g/mol. The molecule has 3 rings (SSSR count). The standard InChI is InChI=1S/C22H25F2Si/c1-15-2-10-19(13-21(15)23)20-11-9-17(12-22(20)24)6-3-16-4-7-18(14-25)8-5-16/h2,9-13,16,18H,3-8,14H2,1H3. The van der Waals surface area contributed by atoms with Crippen molar-refractivity contribution in [3.8, 4) is 11.1 Å².